The summed E-state index contributed by atoms with van der Waals surface area (Å²) in [5, 5.41) is 8.25. The Kier molecular flexibility index (Phi) is 18.1. The van der Waals surface area contributed by atoms with Gasteiger partial charge in [0.25, 0.3) is 11.8 Å². The highest BCUT2D eigenvalue weighted by atomic mass is 32.2. The van der Waals surface area contributed by atoms with Gasteiger partial charge in [-0.05, 0) is 67.2 Å². The van der Waals surface area contributed by atoms with E-state index < -0.39 is 11.8 Å². The number of benzene rings is 3. The Morgan fingerprint density at radius 3 is 2.24 bits per heavy atom. The quantitative estimate of drug-likeness (QED) is 0.0802. The molecule has 3 aromatic carbocycles. The van der Waals surface area contributed by atoms with E-state index in [0.29, 0.717) is 31.6 Å². The van der Waals surface area contributed by atoms with Crippen molar-refractivity contribution < 1.29 is 19.1 Å². The number of amides is 3. The fourth-order valence-corrected chi connectivity index (χ4v) is 7.78. The highest BCUT2D eigenvalue weighted by Crippen LogP contribution is 2.49. The number of rotatable bonds is 17. The highest BCUT2D eigenvalue weighted by Gasteiger charge is 2.34. The summed E-state index contributed by atoms with van der Waals surface area (Å²) in [6.07, 6.45) is 7.44. The normalized spacial score (nSPS) is 13.8. The van der Waals surface area contributed by atoms with Crippen LogP contribution in [-0.4, -0.2) is 56.0 Å². The van der Waals surface area contributed by atoms with Gasteiger partial charge in [-0.3, -0.25) is 14.4 Å². The van der Waals surface area contributed by atoms with Crippen LogP contribution >= 0.6 is 23.5 Å². The maximum atomic E-state index is 13.2. The van der Waals surface area contributed by atoms with Crippen LogP contribution in [0.3, 0.4) is 0 Å². The van der Waals surface area contributed by atoms with E-state index in [1.807, 2.05) is 54.4 Å². The van der Waals surface area contributed by atoms with Crippen LogP contribution in [0.25, 0.3) is 0 Å². The van der Waals surface area contributed by atoms with Gasteiger partial charge < -0.3 is 20.3 Å². The number of unbranched alkanes of at least 4 members (excludes halogenated alkanes) is 2. The molecule has 3 aromatic rings. The first-order chi connectivity index (χ1) is 24.7. The third-order valence-electron chi connectivity index (χ3n) is 8.98. The molecule has 3 amide bonds. The summed E-state index contributed by atoms with van der Waals surface area (Å²) in [5.41, 5.74) is 3.27. The molecule has 1 aliphatic heterocycles. The van der Waals surface area contributed by atoms with Crippen molar-refractivity contribution in [3.63, 3.8) is 0 Å². The zero-order chi connectivity index (χ0) is 37.1. The molecule has 0 radical (unpaired) electrons. The number of nitrogens with one attached hydrogen (secondary N) is 2. The van der Waals surface area contributed by atoms with Gasteiger partial charge in [-0.15, -0.1) is 28.4 Å². The molecule has 1 unspecified atom stereocenters. The first kappa shape index (κ1) is 41.6. The summed E-state index contributed by atoms with van der Waals surface area (Å²) < 4.78 is 6.15. The number of thioether (sulfide) groups is 2. The molecule has 0 bridgehead atoms. The molecule has 0 saturated carbocycles. The lowest BCUT2D eigenvalue weighted by atomic mass is 9.83. The maximum absolute atomic E-state index is 13.2. The molecule has 9 nitrogen and oxygen atoms in total. The van der Waals surface area contributed by atoms with Gasteiger partial charge in [0, 0.05) is 47.6 Å². The molecule has 0 aliphatic carbocycles. The van der Waals surface area contributed by atoms with E-state index in [2.05, 4.69) is 84.8 Å². The Morgan fingerprint density at radius 2 is 1.61 bits per heavy atom. The van der Waals surface area contributed by atoms with Gasteiger partial charge in [-0.25, -0.2) is 0 Å². The Morgan fingerprint density at radius 1 is 0.941 bits per heavy atom. The summed E-state index contributed by atoms with van der Waals surface area (Å²) in [6, 6.07) is 24.1. The monoisotopic (exact) mass is 734 g/mol. The summed E-state index contributed by atoms with van der Waals surface area (Å²) in [5.74, 6) is -0.0798. The van der Waals surface area contributed by atoms with Gasteiger partial charge in [0.2, 0.25) is 5.91 Å². The van der Waals surface area contributed by atoms with E-state index in [-0.39, 0.29) is 36.8 Å². The summed E-state index contributed by atoms with van der Waals surface area (Å²) in [7, 11) is 0. The Labute approximate surface area is 312 Å². The molecule has 11 heteroatoms. The number of carbonyl (C=O) groups excluding carboxylic acids is 3. The first-order valence-electron chi connectivity index (χ1n) is 18.0. The van der Waals surface area contributed by atoms with Gasteiger partial charge in [0.15, 0.2) is 6.61 Å². The maximum Gasteiger partial charge on any atom is 0.286 e. The zero-order valence-electron chi connectivity index (χ0n) is 30.7. The van der Waals surface area contributed by atoms with Crippen LogP contribution in [0.2, 0.25) is 0 Å². The molecule has 1 aliphatic rings. The Hall–Kier alpha value is -3.83. The van der Waals surface area contributed by atoms with Crippen molar-refractivity contribution >= 4 is 52.6 Å². The molecule has 0 spiro atoms. The van der Waals surface area contributed by atoms with Gasteiger partial charge >= 0.3 is 0 Å². The fourth-order valence-electron chi connectivity index (χ4n) is 5.76. The average Bonchev–Trinajstić information content (AvgIpc) is 3.33. The number of ether oxygens (including phenoxy) is 1. The van der Waals surface area contributed by atoms with Crippen molar-refractivity contribution in [1.82, 2.24) is 10.6 Å². The molecule has 0 aromatic heterocycles. The van der Waals surface area contributed by atoms with E-state index in [9.17, 15) is 19.3 Å². The van der Waals surface area contributed by atoms with Gasteiger partial charge in [0.05, 0.1) is 16.5 Å². The molecule has 4 rings (SSSR count). The van der Waals surface area contributed by atoms with Crippen molar-refractivity contribution in [2.75, 3.05) is 43.1 Å². The number of para-hydroxylation sites is 1. The minimum absolute atomic E-state index is 0.117. The van der Waals surface area contributed by atoms with Crippen LogP contribution in [0.15, 0.2) is 87.8 Å². The van der Waals surface area contributed by atoms with E-state index in [4.69, 9.17) is 4.74 Å². The minimum atomic E-state index is -0.654. The summed E-state index contributed by atoms with van der Waals surface area (Å²) >= 11 is 3.44. The van der Waals surface area contributed by atoms with Gasteiger partial charge in [0.1, 0.15) is 5.75 Å². The van der Waals surface area contributed by atoms with Gasteiger partial charge in [-0.2, -0.15) is 0 Å². The lowest BCUT2D eigenvalue weighted by molar-refractivity contribution is -0.124. The Balaban J connectivity index is 0.00000226. The second-order valence-electron chi connectivity index (χ2n) is 12.7. The second-order valence-corrected chi connectivity index (χ2v) is 14.6. The average molecular weight is 735 g/mol. The zero-order valence-corrected chi connectivity index (χ0v) is 32.4. The number of nitrogens with zero attached hydrogens (tertiary/aromatic N) is 2. The molecule has 276 valence electrons. The van der Waals surface area contributed by atoms with Crippen LogP contribution in [0, 0.1) is 10.3 Å². The molecule has 0 fully saturated rings. The fraction of sp³-hybridized carbons (Fsp3) is 0.475. The summed E-state index contributed by atoms with van der Waals surface area (Å²) in [4.78, 5) is 52.1. The van der Waals surface area contributed by atoms with Crippen molar-refractivity contribution in [2.45, 2.75) is 88.3 Å². The molecule has 1 atom stereocenters. The van der Waals surface area contributed by atoms with Crippen LogP contribution in [-0.2, 0) is 14.4 Å². The minimum Gasteiger partial charge on any atom is -0.483 e. The molecule has 2 N–H and O–H groups in total. The van der Waals surface area contributed by atoms with E-state index in [1.54, 1.807) is 11.8 Å². The SMILES string of the molecule is CCC.CCC1(CC)CSc2cc(OCC(=O)NCC(C(=O)NCCCCCC(=O)N=O)c3ccccc3)c(SC)cc2N(c2ccccc2)C1. The second kappa shape index (κ2) is 22.2. The molecular weight excluding hydrogens is 681 g/mol. The van der Waals surface area contributed by atoms with Crippen molar-refractivity contribution in [2.24, 2.45) is 10.6 Å². The predicted molar refractivity (Wildman–Crippen MR) is 211 cm³/mol. The lowest BCUT2D eigenvalue weighted by Gasteiger charge is -2.36. The number of nitroso groups, excluding NO2 is 1. The number of carbonyl (C=O) groups is 3. The van der Waals surface area contributed by atoms with Crippen molar-refractivity contribution in [3.05, 3.63) is 83.3 Å². The third-order valence-corrected chi connectivity index (χ3v) is 11.1. The van der Waals surface area contributed by atoms with Crippen LogP contribution in [0.5, 0.6) is 5.75 Å². The molecule has 1 heterocycles. The van der Waals surface area contributed by atoms with Crippen molar-refractivity contribution in [3.8, 4) is 5.75 Å². The standard InChI is InChI=1S/C37H46N4O5S2.C3H8/c1-4-37(5-2)25-41(28-17-11-7-12-18-28)30-21-33(47-3)31(22-32(30)48-26-37)46-24-35(43)39-23-29(27-15-9-6-10-16-27)36(44)38-20-14-8-13-19-34(42)40-45;1-3-2/h6-7,9-12,15-18,21-22,29H,4-5,8,13-14,19-20,23-26H2,1-3H3,(H,38,44)(H,39,43);3H2,1-2H3. The topological polar surface area (TPSA) is 117 Å². The van der Waals surface area contributed by atoms with E-state index in [0.717, 1.165) is 51.9 Å². The van der Waals surface area contributed by atoms with E-state index in [1.165, 1.54) is 6.42 Å². The first-order valence-corrected chi connectivity index (χ1v) is 20.2. The number of hydrogen-bond acceptors (Lipinski definition) is 8. The van der Waals surface area contributed by atoms with Crippen molar-refractivity contribution in [1.29, 1.82) is 0 Å². The third kappa shape index (κ3) is 12.7. The lowest BCUT2D eigenvalue weighted by Crippen LogP contribution is -2.39. The molecular formula is C40H54N4O5S2. The molecule has 51 heavy (non-hydrogen) atoms. The predicted octanol–water partition coefficient (Wildman–Crippen LogP) is 9.12. The van der Waals surface area contributed by atoms with Crippen LogP contribution in [0.4, 0.5) is 11.4 Å². The number of fused-ring (bicyclic) bond motifs is 1. The smallest absolute Gasteiger partial charge is 0.286 e. The number of anilines is 2. The number of hydrogen-bond donors (Lipinski definition) is 2. The highest BCUT2D eigenvalue weighted by molar-refractivity contribution is 7.99. The van der Waals surface area contributed by atoms with Gasteiger partial charge in [-0.1, -0.05) is 89.1 Å². The van der Waals surface area contributed by atoms with Crippen LogP contribution in [0.1, 0.15) is 84.1 Å². The van der Waals surface area contributed by atoms with E-state index >= 15 is 0 Å². The molecule has 0 saturated heterocycles. The Bertz CT molecular complexity index is 1540. The summed E-state index contributed by atoms with van der Waals surface area (Å²) in [6.45, 7) is 10.1. The van der Waals surface area contributed by atoms with Crippen LogP contribution < -0.4 is 20.3 Å². The largest absolute Gasteiger partial charge is 0.483 e.